The summed E-state index contributed by atoms with van der Waals surface area (Å²) >= 11 is 1.52. The Morgan fingerprint density at radius 2 is 1.41 bits per heavy atom. The van der Waals surface area contributed by atoms with Crippen LogP contribution in [0.3, 0.4) is 0 Å². The first-order valence-electron chi connectivity index (χ1n) is 10.1. The number of allylic oxidation sites excluding steroid dienone is 1. The van der Waals surface area contributed by atoms with Crippen molar-refractivity contribution < 1.29 is 14.0 Å². The van der Waals surface area contributed by atoms with Crippen LogP contribution in [-0.4, -0.2) is 11.6 Å². The molecule has 2 aromatic heterocycles. The average molecular weight is 430 g/mol. The van der Waals surface area contributed by atoms with Crippen molar-refractivity contribution in [3.63, 3.8) is 0 Å². The Labute approximate surface area is 187 Å². The van der Waals surface area contributed by atoms with Gasteiger partial charge in [0, 0.05) is 28.8 Å². The number of carbonyl (C=O) groups excluding carboxylic acids is 2. The van der Waals surface area contributed by atoms with Gasteiger partial charge in [-0.2, -0.15) is 0 Å². The molecule has 3 nitrogen and oxygen atoms in total. The van der Waals surface area contributed by atoms with Crippen molar-refractivity contribution in [1.82, 2.24) is 0 Å². The summed E-state index contributed by atoms with van der Waals surface area (Å²) in [7, 11) is 0. The quantitative estimate of drug-likeness (QED) is 0.173. The fourth-order valence-corrected chi connectivity index (χ4v) is 4.81. The van der Waals surface area contributed by atoms with Crippen LogP contribution >= 0.6 is 11.3 Å². The molecule has 0 fully saturated rings. The fourth-order valence-electron chi connectivity index (χ4n) is 3.93. The number of fused-ring (bicyclic) bond motifs is 3. The molecule has 6 rings (SSSR count). The molecule has 0 spiro atoms. The van der Waals surface area contributed by atoms with Gasteiger partial charge >= 0.3 is 0 Å². The highest BCUT2D eigenvalue weighted by Crippen LogP contribution is 2.34. The molecule has 5 aromatic rings. The van der Waals surface area contributed by atoms with Crippen molar-refractivity contribution in [2.24, 2.45) is 0 Å². The van der Waals surface area contributed by atoms with E-state index < -0.39 is 0 Å². The number of thiophene rings is 1. The first kappa shape index (κ1) is 18.6. The molecule has 0 aliphatic heterocycles. The summed E-state index contributed by atoms with van der Waals surface area (Å²) in [6.45, 7) is 0. The molecule has 4 heteroatoms. The normalized spacial score (nSPS) is 12.8. The van der Waals surface area contributed by atoms with Crippen molar-refractivity contribution >= 4 is 50.0 Å². The highest BCUT2D eigenvalue weighted by atomic mass is 32.1. The minimum Gasteiger partial charge on any atom is -0.456 e. The van der Waals surface area contributed by atoms with Gasteiger partial charge < -0.3 is 4.42 Å². The number of benzene rings is 3. The summed E-state index contributed by atoms with van der Waals surface area (Å²) in [5.74, 6) is 6.26. The van der Waals surface area contributed by atoms with Crippen LogP contribution < -0.4 is 0 Å². The summed E-state index contributed by atoms with van der Waals surface area (Å²) in [5, 5.41) is 1.88. The number of rotatable bonds is 1. The van der Waals surface area contributed by atoms with Gasteiger partial charge in [0.25, 0.3) is 0 Å². The highest BCUT2D eigenvalue weighted by molar-refractivity contribution is 7.19. The van der Waals surface area contributed by atoms with E-state index in [1.807, 2.05) is 66.7 Å². The molecular formula is C28H14O3S. The van der Waals surface area contributed by atoms with Crippen LogP contribution in [0.5, 0.6) is 0 Å². The van der Waals surface area contributed by atoms with Crippen LogP contribution in [0.2, 0.25) is 0 Å². The van der Waals surface area contributed by atoms with E-state index >= 15 is 0 Å². The lowest BCUT2D eigenvalue weighted by atomic mass is 10.0. The molecule has 0 amide bonds. The van der Waals surface area contributed by atoms with E-state index in [2.05, 4.69) is 11.8 Å². The standard InChI is InChI=1S/C28H14O3S/c29-27-22-12-18-8-4-5-9-19(18)13-23(22)28(30)24(27)14-20-15-26-25(31-20)16-21(32-26)11-10-17-6-2-1-3-7-17/h1-9,12-16H. The minimum absolute atomic E-state index is 0.140. The van der Waals surface area contributed by atoms with E-state index in [1.54, 1.807) is 18.2 Å². The van der Waals surface area contributed by atoms with Crippen molar-refractivity contribution in [3.8, 4) is 11.8 Å². The number of hydrogen-bond acceptors (Lipinski definition) is 4. The summed E-state index contributed by atoms with van der Waals surface area (Å²) in [6.07, 6.45) is 1.55. The van der Waals surface area contributed by atoms with E-state index in [1.165, 1.54) is 11.3 Å². The molecule has 0 radical (unpaired) electrons. The Balaban J connectivity index is 1.33. The third kappa shape index (κ3) is 3.08. The first-order valence-corrected chi connectivity index (χ1v) is 10.9. The average Bonchev–Trinajstić information content (AvgIpc) is 3.44. The molecule has 32 heavy (non-hydrogen) atoms. The van der Waals surface area contributed by atoms with Gasteiger partial charge in [0.05, 0.1) is 15.2 Å². The van der Waals surface area contributed by atoms with Crippen LogP contribution in [-0.2, 0) is 0 Å². The van der Waals surface area contributed by atoms with Crippen molar-refractivity contribution in [3.05, 3.63) is 112 Å². The van der Waals surface area contributed by atoms with Crippen LogP contribution in [0.1, 0.15) is 36.9 Å². The Kier molecular flexibility index (Phi) is 4.17. The lowest BCUT2D eigenvalue weighted by Crippen LogP contribution is -1.99. The van der Waals surface area contributed by atoms with Gasteiger partial charge in [-0.3, -0.25) is 9.59 Å². The third-order valence-corrected chi connectivity index (χ3v) is 6.46. The molecule has 0 N–H and O–H groups in total. The largest absolute Gasteiger partial charge is 0.456 e. The predicted octanol–water partition coefficient (Wildman–Crippen LogP) is 6.51. The SMILES string of the molecule is O=C1C(=Cc2cc3sc(C#Cc4ccccc4)cc3o2)C(=O)c2cc3ccccc3cc21. The van der Waals surface area contributed by atoms with Crippen LogP contribution in [0.4, 0.5) is 0 Å². The van der Waals surface area contributed by atoms with E-state index in [-0.39, 0.29) is 17.1 Å². The van der Waals surface area contributed by atoms with Crippen LogP contribution in [0.25, 0.3) is 27.1 Å². The molecule has 2 heterocycles. The second-order valence-corrected chi connectivity index (χ2v) is 8.65. The summed E-state index contributed by atoms with van der Waals surface area (Å²) in [4.78, 5) is 26.8. The molecule has 0 bridgehead atoms. The van der Waals surface area contributed by atoms with E-state index in [9.17, 15) is 9.59 Å². The second-order valence-electron chi connectivity index (χ2n) is 7.57. The van der Waals surface area contributed by atoms with E-state index in [4.69, 9.17) is 4.42 Å². The lowest BCUT2D eigenvalue weighted by molar-refractivity contribution is 0.0990. The second kappa shape index (κ2) is 7.19. The number of Topliss-reactive ketones (excluding diaryl/α,β-unsaturated/α-hetero) is 2. The zero-order valence-electron chi connectivity index (χ0n) is 16.7. The van der Waals surface area contributed by atoms with Gasteiger partial charge in [-0.05, 0) is 41.1 Å². The van der Waals surface area contributed by atoms with Gasteiger partial charge in [-0.15, -0.1) is 11.3 Å². The molecule has 3 aromatic carbocycles. The molecule has 150 valence electrons. The Bertz CT molecular complexity index is 1560. The summed E-state index contributed by atoms with van der Waals surface area (Å²) in [6, 6.07) is 24.8. The van der Waals surface area contributed by atoms with Gasteiger partial charge in [0.2, 0.25) is 0 Å². The molecular weight excluding hydrogens is 416 g/mol. The monoisotopic (exact) mass is 430 g/mol. The lowest BCUT2D eigenvalue weighted by Gasteiger charge is -2.00. The minimum atomic E-state index is -0.259. The zero-order valence-corrected chi connectivity index (χ0v) is 17.5. The molecule has 1 aliphatic carbocycles. The van der Waals surface area contributed by atoms with Crippen molar-refractivity contribution in [2.75, 3.05) is 0 Å². The van der Waals surface area contributed by atoms with E-state index in [0.717, 1.165) is 25.9 Å². The smallest absolute Gasteiger partial charge is 0.197 e. The molecule has 1 aliphatic rings. The third-order valence-electron chi connectivity index (χ3n) is 5.48. The number of furan rings is 1. The molecule has 0 atom stereocenters. The van der Waals surface area contributed by atoms with Gasteiger partial charge in [-0.1, -0.05) is 54.3 Å². The maximum absolute atomic E-state index is 12.9. The number of hydrogen-bond donors (Lipinski definition) is 0. The first-order chi connectivity index (χ1) is 15.7. The molecule has 0 saturated carbocycles. The van der Waals surface area contributed by atoms with Gasteiger partial charge in [-0.25, -0.2) is 0 Å². The summed E-state index contributed by atoms with van der Waals surface area (Å²) < 4.78 is 6.82. The zero-order chi connectivity index (χ0) is 21.7. The van der Waals surface area contributed by atoms with Crippen molar-refractivity contribution in [2.45, 2.75) is 0 Å². The summed E-state index contributed by atoms with van der Waals surface area (Å²) in [5.41, 5.74) is 2.69. The number of carbonyl (C=O) groups is 2. The predicted molar refractivity (Wildman–Crippen MR) is 127 cm³/mol. The topological polar surface area (TPSA) is 47.3 Å². The Hall–Kier alpha value is -4.20. The van der Waals surface area contributed by atoms with Gasteiger partial charge in [0.15, 0.2) is 11.6 Å². The number of ketones is 2. The van der Waals surface area contributed by atoms with E-state index in [0.29, 0.717) is 22.5 Å². The Morgan fingerprint density at radius 1 is 0.750 bits per heavy atom. The molecule has 0 saturated heterocycles. The van der Waals surface area contributed by atoms with Crippen LogP contribution in [0, 0.1) is 11.8 Å². The maximum atomic E-state index is 12.9. The molecule has 0 unspecified atom stereocenters. The fraction of sp³-hybridized carbons (Fsp3) is 0. The van der Waals surface area contributed by atoms with Crippen LogP contribution in [0.15, 0.2) is 88.9 Å². The van der Waals surface area contributed by atoms with Crippen molar-refractivity contribution in [1.29, 1.82) is 0 Å². The highest BCUT2D eigenvalue weighted by Gasteiger charge is 2.33. The Morgan fingerprint density at radius 3 is 2.06 bits per heavy atom. The van der Waals surface area contributed by atoms with Gasteiger partial charge in [0.1, 0.15) is 11.3 Å². The maximum Gasteiger partial charge on any atom is 0.197 e.